The highest BCUT2D eigenvalue weighted by atomic mass is 32.1. The SMILES string of the molecule is c1ccc(-c2nc(-c3cccc4c3oc3ccccc34)nc(-c3cc4ccc5ccccc5c4c4sc5c6ccccc6ccc5c34)n2)cc1. The molecule has 0 aliphatic carbocycles. The summed E-state index contributed by atoms with van der Waals surface area (Å²) in [5, 5.41) is 11.9. The van der Waals surface area contributed by atoms with Crippen molar-refractivity contribution in [1.29, 1.82) is 0 Å². The number of hydrogen-bond donors (Lipinski definition) is 0. The number of fused-ring (bicyclic) bond motifs is 12. The van der Waals surface area contributed by atoms with E-state index in [2.05, 4.69) is 109 Å². The quantitative estimate of drug-likeness (QED) is 0.178. The lowest BCUT2D eigenvalue weighted by atomic mass is 9.95. The zero-order valence-corrected chi connectivity index (χ0v) is 27.4. The summed E-state index contributed by atoms with van der Waals surface area (Å²) in [5.74, 6) is 1.83. The van der Waals surface area contributed by atoms with Gasteiger partial charge < -0.3 is 4.42 Å². The van der Waals surface area contributed by atoms with Gasteiger partial charge in [0, 0.05) is 47.5 Å². The van der Waals surface area contributed by atoms with Crippen LogP contribution >= 0.6 is 11.3 Å². The van der Waals surface area contributed by atoms with Crippen molar-refractivity contribution in [3.05, 3.63) is 152 Å². The van der Waals surface area contributed by atoms with Crippen molar-refractivity contribution in [2.24, 2.45) is 0 Å². The minimum atomic E-state index is 0.579. The molecule has 11 aromatic rings. The Morgan fingerprint density at radius 1 is 0.400 bits per heavy atom. The second kappa shape index (κ2) is 10.5. The van der Waals surface area contributed by atoms with Crippen LogP contribution in [0, 0.1) is 0 Å². The Morgan fingerprint density at radius 2 is 1.04 bits per heavy atom. The van der Waals surface area contributed by atoms with E-state index >= 15 is 0 Å². The molecule has 0 saturated carbocycles. The summed E-state index contributed by atoms with van der Waals surface area (Å²) in [6.07, 6.45) is 0. The zero-order chi connectivity index (χ0) is 32.8. The summed E-state index contributed by atoms with van der Waals surface area (Å²) in [6.45, 7) is 0. The molecule has 0 N–H and O–H groups in total. The van der Waals surface area contributed by atoms with Crippen molar-refractivity contribution in [2.75, 3.05) is 0 Å². The molecule has 0 fully saturated rings. The third kappa shape index (κ3) is 4.01. The second-order valence-corrected chi connectivity index (χ2v) is 13.8. The first-order valence-corrected chi connectivity index (χ1v) is 17.5. The largest absolute Gasteiger partial charge is 0.455 e. The molecule has 0 aliphatic heterocycles. The van der Waals surface area contributed by atoms with Crippen LogP contribution in [0.2, 0.25) is 0 Å². The van der Waals surface area contributed by atoms with Gasteiger partial charge in [-0.2, -0.15) is 0 Å². The van der Waals surface area contributed by atoms with E-state index in [1.54, 1.807) is 0 Å². The molecule has 0 spiro atoms. The fourth-order valence-electron chi connectivity index (χ4n) is 7.59. The molecule has 5 heteroatoms. The molecule has 8 aromatic carbocycles. The molecule has 0 radical (unpaired) electrons. The number of hydrogen-bond acceptors (Lipinski definition) is 5. The van der Waals surface area contributed by atoms with Gasteiger partial charge in [-0.25, -0.2) is 15.0 Å². The molecule has 0 unspecified atom stereocenters. The van der Waals surface area contributed by atoms with E-state index in [-0.39, 0.29) is 0 Å². The fraction of sp³-hybridized carbons (Fsp3) is 0. The Labute approximate surface area is 289 Å². The monoisotopic (exact) mass is 655 g/mol. The Morgan fingerprint density at radius 3 is 1.90 bits per heavy atom. The number of aromatic nitrogens is 3. The lowest BCUT2D eigenvalue weighted by molar-refractivity contribution is 0.669. The number of rotatable bonds is 3. The van der Waals surface area contributed by atoms with Crippen molar-refractivity contribution in [1.82, 2.24) is 15.0 Å². The smallest absolute Gasteiger partial charge is 0.167 e. The molecule has 232 valence electrons. The summed E-state index contributed by atoms with van der Waals surface area (Å²) < 4.78 is 8.99. The zero-order valence-electron chi connectivity index (χ0n) is 26.6. The summed E-state index contributed by atoms with van der Waals surface area (Å²) in [5.41, 5.74) is 4.37. The van der Waals surface area contributed by atoms with Crippen LogP contribution in [0.1, 0.15) is 0 Å². The standard InChI is InChI=1S/C45H25N3OS/c1-2-13-28(14-3-1)43-46-44(35-19-10-18-33-32-17-8-9-20-37(32)49-40(33)35)48-45(47-43)36-25-29-22-21-26-11-4-6-15-30(26)38(29)42-39(36)34-24-23-27-12-5-7-16-31(27)41(34)50-42/h1-25H. The molecule has 0 bridgehead atoms. The molecule has 0 saturated heterocycles. The van der Waals surface area contributed by atoms with Gasteiger partial charge in [0.25, 0.3) is 0 Å². The molecule has 0 atom stereocenters. The van der Waals surface area contributed by atoms with Gasteiger partial charge in [-0.15, -0.1) is 11.3 Å². The van der Waals surface area contributed by atoms with Crippen molar-refractivity contribution >= 4 is 85.8 Å². The molecule has 0 aliphatic rings. The maximum absolute atomic E-state index is 6.49. The van der Waals surface area contributed by atoms with Crippen molar-refractivity contribution in [3.63, 3.8) is 0 Å². The van der Waals surface area contributed by atoms with E-state index in [9.17, 15) is 0 Å². The van der Waals surface area contributed by atoms with Crippen LogP contribution in [0.25, 0.3) is 109 Å². The number of thiophene rings is 1. The first kappa shape index (κ1) is 27.5. The van der Waals surface area contributed by atoms with Gasteiger partial charge >= 0.3 is 0 Å². The molecular weight excluding hydrogens is 631 g/mol. The van der Waals surface area contributed by atoms with Crippen LogP contribution in [-0.2, 0) is 0 Å². The van der Waals surface area contributed by atoms with E-state index in [4.69, 9.17) is 19.4 Å². The van der Waals surface area contributed by atoms with Crippen molar-refractivity contribution < 1.29 is 4.42 Å². The average molecular weight is 656 g/mol. The highest BCUT2D eigenvalue weighted by Gasteiger charge is 2.22. The summed E-state index contributed by atoms with van der Waals surface area (Å²) in [7, 11) is 0. The number of para-hydroxylation sites is 2. The van der Waals surface area contributed by atoms with E-state index in [1.165, 1.54) is 41.7 Å². The van der Waals surface area contributed by atoms with Gasteiger partial charge in [0.15, 0.2) is 17.5 Å². The third-order valence-electron chi connectivity index (χ3n) is 9.89. The topological polar surface area (TPSA) is 51.8 Å². The minimum Gasteiger partial charge on any atom is -0.455 e. The predicted molar refractivity (Wildman–Crippen MR) is 209 cm³/mol. The van der Waals surface area contributed by atoms with Crippen LogP contribution in [0.3, 0.4) is 0 Å². The number of benzene rings is 8. The first-order chi connectivity index (χ1) is 24.8. The number of nitrogens with zero attached hydrogens (tertiary/aromatic N) is 3. The molecule has 3 heterocycles. The van der Waals surface area contributed by atoms with E-state index < -0.39 is 0 Å². The van der Waals surface area contributed by atoms with Gasteiger partial charge in [-0.1, -0.05) is 133 Å². The summed E-state index contributed by atoms with van der Waals surface area (Å²) in [4.78, 5) is 15.7. The van der Waals surface area contributed by atoms with E-state index in [0.29, 0.717) is 17.5 Å². The molecule has 11 rings (SSSR count). The highest BCUT2D eigenvalue weighted by Crippen LogP contribution is 2.48. The molecule has 50 heavy (non-hydrogen) atoms. The van der Waals surface area contributed by atoms with Crippen LogP contribution in [0.4, 0.5) is 0 Å². The molecular formula is C45H25N3OS. The van der Waals surface area contributed by atoms with E-state index in [1.807, 2.05) is 53.8 Å². The predicted octanol–water partition coefficient (Wildman–Crippen LogP) is 12.6. The molecule has 3 aromatic heterocycles. The second-order valence-electron chi connectivity index (χ2n) is 12.7. The Balaban J connectivity index is 1.28. The van der Waals surface area contributed by atoms with Crippen LogP contribution in [0.5, 0.6) is 0 Å². The Bertz CT molecular complexity index is 3160. The highest BCUT2D eigenvalue weighted by molar-refractivity contribution is 7.27. The van der Waals surface area contributed by atoms with Gasteiger partial charge in [0.05, 0.1) is 5.56 Å². The van der Waals surface area contributed by atoms with Crippen molar-refractivity contribution in [3.8, 4) is 34.2 Å². The van der Waals surface area contributed by atoms with Crippen LogP contribution in [-0.4, -0.2) is 15.0 Å². The van der Waals surface area contributed by atoms with Gasteiger partial charge in [0.2, 0.25) is 0 Å². The first-order valence-electron chi connectivity index (χ1n) is 16.7. The molecule has 4 nitrogen and oxygen atoms in total. The lowest BCUT2D eigenvalue weighted by Crippen LogP contribution is -2.00. The normalized spacial score (nSPS) is 12.0. The van der Waals surface area contributed by atoms with E-state index in [0.717, 1.165) is 49.4 Å². The number of furan rings is 1. The lowest BCUT2D eigenvalue weighted by Gasteiger charge is -2.12. The average Bonchev–Trinajstić information content (AvgIpc) is 3.77. The minimum absolute atomic E-state index is 0.579. The van der Waals surface area contributed by atoms with Crippen LogP contribution in [0.15, 0.2) is 156 Å². The summed E-state index contributed by atoms with van der Waals surface area (Å²) >= 11 is 1.86. The van der Waals surface area contributed by atoms with Gasteiger partial charge in [-0.05, 0) is 45.1 Å². The van der Waals surface area contributed by atoms with Crippen LogP contribution < -0.4 is 0 Å². The summed E-state index contributed by atoms with van der Waals surface area (Å²) in [6, 6.07) is 53.1. The molecule has 0 amide bonds. The van der Waals surface area contributed by atoms with Gasteiger partial charge in [0.1, 0.15) is 11.2 Å². The van der Waals surface area contributed by atoms with Crippen molar-refractivity contribution in [2.45, 2.75) is 0 Å². The fourth-order valence-corrected chi connectivity index (χ4v) is 9.02. The Hall–Kier alpha value is -6.43. The Kier molecular flexibility index (Phi) is 5.80. The van der Waals surface area contributed by atoms with Gasteiger partial charge in [-0.3, -0.25) is 0 Å². The maximum Gasteiger partial charge on any atom is 0.167 e. The maximum atomic E-state index is 6.49. The third-order valence-corrected chi connectivity index (χ3v) is 11.1.